The fourth-order valence-electron chi connectivity index (χ4n) is 2.08. The third-order valence-electron chi connectivity index (χ3n) is 3.33. The number of benzene rings is 1. The first-order valence-corrected chi connectivity index (χ1v) is 7.69. The number of hydrogen-bond acceptors (Lipinski definition) is 5. The first-order valence-electron chi connectivity index (χ1n) is 7.31. The average molecular weight is 335 g/mol. The summed E-state index contributed by atoms with van der Waals surface area (Å²) in [6, 6.07) is 6.86. The van der Waals surface area contributed by atoms with Crippen molar-refractivity contribution in [2.45, 2.75) is 13.8 Å². The number of anilines is 2. The van der Waals surface area contributed by atoms with Crippen LogP contribution in [0, 0.1) is 0 Å². The Morgan fingerprint density at radius 1 is 1.30 bits per heavy atom. The van der Waals surface area contributed by atoms with Gasteiger partial charge in [0.05, 0.1) is 12.1 Å². The smallest absolute Gasteiger partial charge is 0.272 e. The molecular formula is C16H19ClN4O2. The van der Waals surface area contributed by atoms with Crippen LogP contribution in [0.3, 0.4) is 0 Å². The van der Waals surface area contributed by atoms with Gasteiger partial charge in [-0.25, -0.2) is 9.97 Å². The van der Waals surface area contributed by atoms with Crippen molar-refractivity contribution in [3.63, 3.8) is 0 Å². The van der Waals surface area contributed by atoms with E-state index in [9.17, 15) is 4.79 Å². The van der Waals surface area contributed by atoms with Crippen LogP contribution in [0.15, 0.2) is 30.5 Å². The van der Waals surface area contributed by atoms with Gasteiger partial charge in [0.2, 0.25) is 5.95 Å². The van der Waals surface area contributed by atoms with Gasteiger partial charge in [-0.05, 0) is 38.1 Å². The summed E-state index contributed by atoms with van der Waals surface area (Å²) in [5.74, 6) is 0.807. The Bertz CT molecular complexity index is 690. The minimum Gasteiger partial charge on any atom is -0.495 e. The number of hydrogen-bond donors (Lipinski definition) is 1. The normalized spacial score (nSPS) is 10.3. The molecule has 0 aliphatic heterocycles. The van der Waals surface area contributed by atoms with E-state index in [2.05, 4.69) is 15.3 Å². The Balaban J connectivity index is 2.20. The molecule has 0 aliphatic rings. The molecule has 0 atom stereocenters. The molecule has 0 bridgehead atoms. The molecule has 0 radical (unpaired) electrons. The van der Waals surface area contributed by atoms with Crippen molar-refractivity contribution in [2.75, 3.05) is 25.5 Å². The van der Waals surface area contributed by atoms with Crippen LogP contribution in [0.5, 0.6) is 5.75 Å². The molecule has 1 aromatic heterocycles. The summed E-state index contributed by atoms with van der Waals surface area (Å²) in [7, 11) is 1.56. The second-order valence-corrected chi connectivity index (χ2v) is 5.12. The SMILES string of the molecule is CCN(CC)C(=O)c1ccnc(Nc2ccc(OC)c(Cl)c2)n1. The van der Waals surface area contributed by atoms with Crippen LogP contribution in [-0.4, -0.2) is 41.0 Å². The van der Waals surface area contributed by atoms with Gasteiger partial charge in [0.1, 0.15) is 11.4 Å². The van der Waals surface area contributed by atoms with Crippen LogP contribution >= 0.6 is 11.6 Å². The molecular weight excluding hydrogens is 316 g/mol. The fourth-order valence-corrected chi connectivity index (χ4v) is 2.34. The number of methoxy groups -OCH3 is 1. The van der Waals surface area contributed by atoms with E-state index in [4.69, 9.17) is 16.3 Å². The van der Waals surface area contributed by atoms with Crippen LogP contribution in [0.1, 0.15) is 24.3 Å². The van der Waals surface area contributed by atoms with Gasteiger partial charge in [-0.15, -0.1) is 0 Å². The van der Waals surface area contributed by atoms with Gasteiger partial charge in [0, 0.05) is 25.0 Å². The van der Waals surface area contributed by atoms with Crippen molar-refractivity contribution in [3.05, 3.63) is 41.2 Å². The summed E-state index contributed by atoms with van der Waals surface area (Å²) in [6.07, 6.45) is 1.55. The number of aromatic nitrogens is 2. The molecule has 0 saturated heterocycles. The maximum atomic E-state index is 12.3. The zero-order valence-electron chi connectivity index (χ0n) is 13.3. The van der Waals surface area contributed by atoms with Crippen LogP contribution in [-0.2, 0) is 0 Å². The molecule has 122 valence electrons. The lowest BCUT2D eigenvalue weighted by atomic mass is 10.3. The number of carbonyl (C=O) groups excluding carboxylic acids is 1. The van der Waals surface area contributed by atoms with E-state index in [1.807, 2.05) is 13.8 Å². The lowest BCUT2D eigenvalue weighted by Gasteiger charge is -2.18. The first-order chi connectivity index (χ1) is 11.1. The van der Waals surface area contributed by atoms with Gasteiger partial charge in [0.15, 0.2) is 0 Å². The zero-order chi connectivity index (χ0) is 16.8. The molecule has 1 heterocycles. The molecule has 2 aromatic rings. The topological polar surface area (TPSA) is 67.4 Å². The minimum atomic E-state index is -0.117. The van der Waals surface area contributed by atoms with E-state index in [1.54, 1.807) is 42.5 Å². The molecule has 2 rings (SSSR count). The molecule has 0 aliphatic carbocycles. The summed E-state index contributed by atoms with van der Waals surface area (Å²) in [6.45, 7) is 5.13. The van der Waals surface area contributed by atoms with Crippen molar-refractivity contribution in [2.24, 2.45) is 0 Å². The second kappa shape index (κ2) is 7.78. The third-order valence-corrected chi connectivity index (χ3v) is 3.63. The predicted molar refractivity (Wildman–Crippen MR) is 90.6 cm³/mol. The average Bonchev–Trinajstić information content (AvgIpc) is 2.56. The highest BCUT2D eigenvalue weighted by molar-refractivity contribution is 6.32. The Morgan fingerprint density at radius 3 is 2.65 bits per heavy atom. The van der Waals surface area contributed by atoms with E-state index < -0.39 is 0 Å². The molecule has 7 heteroatoms. The lowest BCUT2D eigenvalue weighted by Crippen LogP contribution is -2.31. The third kappa shape index (κ3) is 4.10. The van der Waals surface area contributed by atoms with Crippen LogP contribution in [0.25, 0.3) is 0 Å². The molecule has 0 unspecified atom stereocenters. The summed E-state index contributed by atoms with van der Waals surface area (Å²) in [5.41, 5.74) is 1.06. The van der Waals surface area contributed by atoms with Crippen molar-refractivity contribution in [3.8, 4) is 5.75 Å². The molecule has 1 amide bonds. The summed E-state index contributed by atoms with van der Waals surface area (Å²) < 4.78 is 5.11. The number of ether oxygens (including phenoxy) is 1. The van der Waals surface area contributed by atoms with Crippen molar-refractivity contribution < 1.29 is 9.53 Å². The van der Waals surface area contributed by atoms with Gasteiger partial charge in [-0.3, -0.25) is 4.79 Å². The Kier molecular flexibility index (Phi) is 5.76. The number of amides is 1. The number of rotatable bonds is 6. The maximum absolute atomic E-state index is 12.3. The Hall–Kier alpha value is -2.34. The monoisotopic (exact) mass is 334 g/mol. The van der Waals surface area contributed by atoms with Crippen molar-refractivity contribution in [1.82, 2.24) is 14.9 Å². The van der Waals surface area contributed by atoms with Crippen molar-refractivity contribution in [1.29, 1.82) is 0 Å². The first kappa shape index (κ1) is 17.0. The van der Waals surface area contributed by atoms with Gasteiger partial charge >= 0.3 is 0 Å². The number of halogens is 1. The van der Waals surface area contributed by atoms with Gasteiger partial charge < -0.3 is 15.0 Å². The zero-order valence-corrected chi connectivity index (χ0v) is 14.1. The van der Waals surface area contributed by atoms with Crippen LogP contribution < -0.4 is 10.1 Å². The molecule has 1 N–H and O–H groups in total. The molecule has 23 heavy (non-hydrogen) atoms. The number of nitrogens with zero attached hydrogens (tertiary/aromatic N) is 3. The predicted octanol–water partition coefficient (Wildman–Crippen LogP) is 3.36. The standard InChI is InChI=1S/C16H19ClN4O2/c1-4-21(5-2)15(22)13-8-9-18-16(20-13)19-11-6-7-14(23-3)12(17)10-11/h6-10H,4-5H2,1-3H3,(H,18,19,20). The van der Waals surface area contributed by atoms with E-state index in [0.29, 0.717) is 41.2 Å². The lowest BCUT2D eigenvalue weighted by molar-refractivity contribution is 0.0767. The Morgan fingerprint density at radius 2 is 2.04 bits per heavy atom. The quantitative estimate of drug-likeness (QED) is 0.877. The van der Waals surface area contributed by atoms with E-state index in [-0.39, 0.29) is 5.91 Å². The Labute approximate surface area is 140 Å². The number of nitrogens with one attached hydrogen (secondary N) is 1. The summed E-state index contributed by atoms with van der Waals surface area (Å²) in [5, 5.41) is 3.51. The fraction of sp³-hybridized carbons (Fsp3) is 0.312. The van der Waals surface area contributed by atoms with Gasteiger partial charge in [-0.1, -0.05) is 11.6 Å². The second-order valence-electron chi connectivity index (χ2n) is 4.72. The van der Waals surface area contributed by atoms with Gasteiger partial charge in [-0.2, -0.15) is 0 Å². The highest BCUT2D eigenvalue weighted by atomic mass is 35.5. The summed E-state index contributed by atoms with van der Waals surface area (Å²) >= 11 is 6.09. The van der Waals surface area contributed by atoms with Crippen LogP contribution in [0.4, 0.5) is 11.6 Å². The largest absolute Gasteiger partial charge is 0.495 e. The van der Waals surface area contributed by atoms with E-state index >= 15 is 0 Å². The maximum Gasteiger partial charge on any atom is 0.272 e. The molecule has 0 spiro atoms. The highest BCUT2D eigenvalue weighted by Crippen LogP contribution is 2.28. The van der Waals surface area contributed by atoms with Gasteiger partial charge in [0.25, 0.3) is 5.91 Å². The van der Waals surface area contributed by atoms with Crippen molar-refractivity contribution >= 4 is 29.1 Å². The number of carbonyl (C=O) groups is 1. The van der Waals surface area contributed by atoms with E-state index in [1.165, 1.54) is 0 Å². The highest BCUT2D eigenvalue weighted by Gasteiger charge is 2.14. The molecule has 1 aromatic carbocycles. The van der Waals surface area contributed by atoms with Crippen LogP contribution in [0.2, 0.25) is 5.02 Å². The minimum absolute atomic E-state index is 0.117. The molecule has 0 fully saturated rings. The van der Waals surface area contributed by atoms with E-state index in [0.717, 1.165) is 0 Å². The molecule has 0 saturated carbocycles. The summed E-state index contributed by atoms with van der Waals surface area (Å²) in [4.78, 5) is 22.4. The molecule has 6 nitrogen and oxygen atoms in total.